The van der Waals surface area contributed by atoms with Crippen LogP contribution in [0.25, 0.3) is 0 Å². The molecule has 42 heavy (non-hydrogen) atoms. The maximum atomic E-state index is 13.2. The van der Waals surface area contributed by atoms with Gasteiger partial charge in [0.2, 0.25) is 21.8 Å². The van der Waals surface area contributed by atoms with Crippen LogP contribution in [0.5, 0.6) is 0 Å². The number of nitrogens with zero attached hydrogens (tertiary/aromatic N) is 2. The molecule has 4 amide bonds. The van der Waals surface area contributed by atoms with Crippen molar-refractivity contribution in [1.82, 2.24) is 25.2 Å². The van der Waals surface area contributed by atoms with Gasteiger partial charge in [-0.25, -0.2) is 22.3 Å². The molecule has 238 valence electrons. The molecule has 0 aromatic carbocycles. The van der Waals surface area contributed by atoms with Crippen molar-refractivity contribution < 1.29 is 32.7 Å². The number of aliphatic carboxylic acids is 1. The van der Waals surface area contributed by atoms with Crippen molar-refractivity contribution in [1.29, 1.82) is 0 Å². The average Bonchev–Trinajstić information content (AvgIpc) is 3.36. The van der Waals surface area contributed by atoms with Crippen molar-refractivity contribution in [2.45, 2.75) is 108 Å². The van der Waals surface area contributed by atoms with Gasteiger partial charge in [-0.15, -0.1) is 0 Å². The molecule has 3 aliphatic rings. The molecule has 2 unspecified atom stereocenters. The van der Waals surface area contributed by atoms with Crippen LogP contribution in [-0.2, 0) is 24.4 Å². The van der Waals surface area contributed by atoms with E-state index in [4.69, 9.17) is 0 Å². The first-order valence-electron chi connectivity index (χ1n) is 15.3. The third-order valence-electron chi connectivity index (χ3n) is 8.88. The van der Waals surface area contributed by atoms with Gasteiger partial charge in [0.05, 0.1) is 11.8 Å². The Balaban J connectivity index is 1.52. The fourth-order valence-electron chi connectivity index (χ4n) is 5.75. The van der Waals surface area contributed by atoms with Crippen molar-refractivity contribution in [3.05, 3.63) is 12.2 Å². The van der Waals surface area contributed by atoms with Crippen LogP contribution in [0.4, 0.5) is 4.79 Å². The van der Waals surface area contributed by atoms with E-state index < -0.39 is 56.7 Å². The summed E-state index contributed by atoms with van der Waals surface area (Å²) < 4.78 is 26.3. The zero-order valence-corrected chi connectivity index (χ0v) is 26.2. The van der Waals surface area contributed by atoms with Crippen molar-refractivity contribution in [3.8, 4) is 0 Å². The number of sulfonamides is 1. The fourth-order valence-corrected chi connectivity index (χ4v) is 6.84. The number of carboxylic acids is 1. The van der Waals surface area contributed by atoms with E-state index in [1.807, 2.05) is 12.2 Å². The van der Waals surface area contributed by atoms with E-state index in [0.29, 0.717) is 25.8 Å². The molecule has 4 N–H and O–H groups in total. The normalized spacial score (nSPS) is 25.0. The van der Waals surface area contributed by atoms with Crippen LogP contribution in [-0.4, -0.2) is 96.1 Å². The predicted octanol–water partition coefficient (Wildman–Crippen LogP) is 2.21. The number of rotatable bonds is 16. The van der Waals surface area contributed by atoms with E-state index in [-0.39, 0.29) is 24.9 Å². The molecule has 0 bridgehead atoms. The molecule has 13 heteroatoms. The molecule has 4 atom stereocenters. The second-order valence-corrected chi connectivity index (χ2v) is 14.8. The average molecular weight is 612 g/mol. The molecule has 2 aliphatic carbocycles. The lowest BCUT2D eigenvalue weighted by molar-refractivity contribution is -0.145. The van der Waals surface area contributed by atoms with Crippen LogP contribution < -0.4 is 16.0 Å². The van der Waals surface area contributed by atoms with E-state index in [1.54, 1.807) is 13.8 Å². The number of likely N-dealkylation sites (tertiary alicyclic amines) is 1. The lowest BCUT2D eigenvalue weighted by Gasteiger charge is -2.36. The molecular weight excluding hydrogens is 562 g/mol. The van der Waals surface area contributed by atoms with E-state index in [9.17, 15) is 32.7 Å². The minimum atomic E-state index is -3.48. The molecule has 2 saturated carbocycles. The third-order valence-corrected chi connectivity index (χ3v) is 11.1. The molecule has 0 spiro atoms. The van der Waals surface area contributed by atoms with Gasteiger partial charge in [-0.3, -0.25) is 9.59 Å². The summed E-state index contributed by atoms with van der Waals surface area (Å²) in [6.07, 6.45) is 12.1. The summed E-state index contributed by atoms with van der Waals surface area (Å²) in [5.74, 6) is -2.14. The van der Waals surface area contributed by atoms with E-state index in [2.05, 4.69) is 22.9 Å². The monoisotopic (exact) mass is 611 g/mol. The van der Waals surface area contributed by atoms with Gasteiger partial charge in [-0.1, -0.05) is 38.3 Å². The van der Waals surface area contributed by atoms with Crippen molar-refractivity contribution in [2.24, 2.45) is 11.8 Å². The molecule has 1 aliphatic heterocycles. The van der Waals surface area contributed by atoms with Gasteiger partial charge in [-0.05, 0) is 64.7 Å². The predicted molar refractivity (Wildman–Crippen MR) is 159 cm³/mol. The highest BCUT2D eigenvalue weighted by Crippen LogP contribution is 2.45. The summed E-state index contributed by atoms with van der Waals surface area (Å²) in [7, 11) is -1.98. The number of urea groups is 1. The zero-order valence-electron chi connectivity index (χ0n) is 25.4. The summed E-state index contributed by atoms with van der Waals surface area (Å²) in [5, 5.41) is 17.4. The van der Waals surface area contributed by atoms with Crippen LogP contribution in [0.3, 0.4) is 0 Å². The maximum Gasteiger partial charge on any atom is 0.330 e. The van der Waals surface area contributed by atoms with Crippen LogP contribution in [0.15, 0.2) is 12.2 Å². The lowest BCUT2D eigenvalue weighted by atomic mass is 9.79. The molecular formula is C29H49N5O7S. The molecule has 12 nitrogen and oxygen atoms in total. The zero-order chi connectivity index (χ0) is 31.1. The number of nitrogens with one attached hydrogen (secondary N) is 3. The topological polar surface area (TPSA) is 165 Å². The second-order valence-electron chi connectivity index (χ2n) is 12.2. The number of likely N-dealkylation sites (N-methyl/N-ethyl adjacent to an activating group) is 1. The molecule has 0 radical (unpaired) electrons. The minimum absolute atomic E-state index is 0.140. The van der Waals surface area contributed by atoms with Gasteiger partial charge in [0, 0.05) is 32.1 Å². The summed E-state index contributed by atoms with van der Waals surface area (Å²) in [6, 6.07) is -1.77. The molecule has 0 aromatic rings. The smallest absolute Gasteiger partial charge is 0.330 e. The van der Waals surface area contributed by atoms with Crippen LogP contribution in [0.1, 0.15) is 85.0 Å². The number of allylic oxidation sites excluding steroid dienone is 1. The Labute approximate surface area is 250 Å². The Hall–Kier alpha value is -2.67. The van der Waals surface area contributed by atoms with Crippen molar-refractivity contribution in [2.75, 3.05) is 26.7 Å². The molecule has 3 fully saturated rings. The molecule has 1 heterocycles. The Kier molecular flexibility index (Phi) is 11.8. The summed E-state index contributed by atoms with van der Waals surface area (Å²) in [6.45, 7) is 5.48. The van der Waals surface area contributed by atoms with E-state index >= 15 is 0 Å². The SMILES string of the molecule is CCCCC/C=C\C1C[C@]1(NC(=O)[C@@H]1CCCN1C(=O)CNC(=O)NC(CN(C)S(=O)(=O)C(C)C)C1CCC1)C(=O)O. The van der Waals surface area contributed by atoms with Gasteiger partial charge in [0.25, 0.3) is 0 Å². The van der Waals surface area contributed by atoms with Gasteiger partial charge >= 0.3 is 12.0 Å². The number of amides is 4. The number of carbonyl (C=O) groups is 4. The summed E-state index contributed by atoms with van der Waals surface area (Å²) in [5.41, 5.74) is -1.35. The first kappa shape index (κ1) is 33.8. The Bertz CT molecular complexity index is 1120. The minimum Gasteiger partial charge on any atom is -0.479 e. The highest BCUT2D eigenvalue weighted by Gasteiger charge is 2.61. The fraction of sp³-hybridized carbons (Fsp3) is 0.793. The highest BCUT2D eigenvalue weighted by atomic mass is 32.2. The molecule has 3 rings (SSSR count). The number of unbranched alkanes of at least 4 members (excludes halogenated alkanes) is 3. The Morgan fingerprint density at radius 3 is 2.43 bits per heavy atom. The van der Waals surface area contributed by atoms with Crippen molar-refractivity contribution in [3.63, 3.8) is 0 Å². The quantitative estimate of drug-likeness (QED) is 0.153. The largest absolute Gasteiger partial charge is 0.479 e. The van der Waals surface area contributed by atoms with Gasteiger partial charge in [-0.2, -0.15) is 0 Å². The van der Waals surface area contributed by atoms with E-state index in [1.165, 1.54) is 16.3 Å². The van der Waals surface area contributed by atoms with Gasteiger partial charge in [0.15, 0.2) is 0 Å². The molecule has 1 saturated heterocycles. The number of carbonyl (C=O) groups excluding carboxylic acids is 3. The van der Waals surface area contributed by atoms with E-state index in [0.717, 1.165) is 44.9 Å². The lowest BCUT2D eigenvalue weighted by Crippen LogP contribution is -2.56. The van der Waals surface area contributed by atoms with Gasteiger partial charge < -0.3 is 26.0 Å². The number of hydrogen-bond acceptors (Lipinski definition) is 6. The van der Waals surface area contributed by atoms with Crippen LogP contribution in [0, 0.1) is 11.8 Å². The first-order chi connectivity index (χ1) is 19.8. The van der Waals surface area contributed by atoms with Gasteiger partial charge in [0.1, 0.15) is 11.6 Å². The Morgan fingerprint density at radius 2 is 1.83 bits per heavy atom. The van der Waals surface area contributed by atoms with Crippen LogP contribution in [0.2, 0.25) is 0 Å². The number of hydrogen-bond donors (Lipinski definition) is 4. The molecule has 0 aromatic heterocycles. The summed E-state index contributed by atoms with van der Waals surface area (Å²) >= 11 is 0. The number of carboxylic acid groups (broad SMARTS) is 1. The first-order valence-corrected chi connectivity index (χ1v) is 16.8. The third kappa shape index (κ3) is 8.24. The second kappa shape index (κ2) is 14.7. The van der Waals surface area contributed by atoms with Crippen LogP contribution >= 0.6 is 0 Å². The standard InChI is InChI=1S/C29H49N5O7S/c1-5-6-7-8-9-14-22-17-29(22,27(37)38)32-26(36)24-15-11-16-34(24)25(35)18-30-28(39)31-23(21-12-10-13-21)19-33(4)42(40,41)20(2)3/h9,14,20-24H,5-8,10-13,15-19H2,1-4H3,(H,32,36)(H,37,38)(H2,30,31,39)/b14-9-/t22?,23?,24-,29+/m0/s1. The maximum absolute atomic E-state index is 13.2. The highest BCUT2D eigenvalue weighted by molar-refractivity contribution is 7.89. The Morgan fingerprint density at radius 1 is 1.12 bits per heavy atom. The summed E-state index contributed by atoms with van der Waals surface area (Å²) in [4.78, 5) is 52.4. The van der Waals surface area contributed by atoms with Crippen molar-refractivity contribution >= 4 is 33.8 Å².